The van der Waals surface area contributed by atoms with Crippen molar-refractivity contribution in [2.75, 3.05) is 10.6 Å². The second-order valence-corrected chi connectivity index (χ2v) is 5.60. The summed E-state index contributed by atoms with van der Waals surface area (Å²) in [6, 6.07) is 4.92. The van der Waals surface area contributed by atoms with Gasteiger partial charge in [0.2, 0.25) is 11.8 Å². The van der Waals surface area contributed by atoms with E-state index in [1.807, 2.05) is 0 Å². The molecule has 0 spiro atoms. The molecule has 0 unspecified atom stereocenters. The van der Waals surface area contributed by atoms with E-state index in [9.17, 15) is 9.59 Å². The van der Waals surface area contributed by atoms with E-state index in [2.05, 4.69) is 10.6 Å². The minimum Gasteiger partial charge on any atom is -0.326 e. The van der Waals surface area contributed by atoms with Gasteiger partial charge in [0.15, 0.2) is 0 Å². The predicted molar refractivity (Wildman–Crippen MR) is 79.8 cm³/mol. The molecule has 20 heavy (non-hydrogen) atoms. The van der Waals surface area contributed by atoms with Crippen molar-refractivity contribution in [3.8, 4) is 0 Å². The fourth-order valence-corrected chi connectivity index (χ4v) is 2.55. The minimum atomic E-state index is -0.812. The number of nitrogens with two attached hydrogens (primary N) is 1. The topological polar surface area (TPSA) is 84.2 Å². The van der Waals surface area contributed by atoms with Crippen molar-refractivity contribution >= 4 is 34.8 Å². The highest BCUT2D eigenvalue weighted by atomic mass is 35.5. The molecular formula is C14H18ClN3O2. The molecule has 1 aliphatic rings. The number of halogens is 1. The molecule has 1 aromatic carbocycles. The van der Waals surface area contributed by atoms with E-state index < -0.39 is 5.54 Å². The van der Waals surface area contributed by atoms with Gasteiger partial charge in [0.25, 0.3) is 0 Å². The van der Waals surface area contributed by atoms with Gasteiger partial charge in [0.1, 0.15) is 0 Å². The Hall–Kier alpha value is -1.59. The van der Waals surface area contributed by atoms with Crippen molar-refractivity contribution in [1.82, 2.24) is 0 Å². The number of carbonyl (C=O) groups excluding carboxylic acids is 2. The molecule has 1 aromatic rings. The summed E-state index contributed by atoms with van der Waals surface area (Å²) in [7, 11) is 0. The molecule has 6 heteroatoms. The maximum absolute atomic E-state index is 12.2. The Morgan fingerprint density at radius 1 is 1.25 bits per heavy atom. The maximum atomic E-state index is 12.2. The molecule has 0 saturated heterocycles. The molecule has 2 rings (SSSR count). The average Bonchev–Trinajstić information content (AvgIpc) is 2.81. The van der Waals surface area contributed by atoms with E-state index in [4.69, 9.17) is 17.3 Å². The number of benzene rings is 1. The predicted octanol–water partition coefficient (Wildman–Crippen LogP) is 2.51. The van der Waals surface area contributed by atoms with Crippen molar-refractivity contribution in [3.05, 3.63) is 23.2 Å². The van der Waals surface area contributed by atoms with Crippen molar-refractivity contribution in [3.63, 3.8) is 0 Å². The summed E-state index contributed by atoms with van der Waals surface area (Å²) in [5, 5.41) is 5.81. The van der Waals surface area contributed by atoms with Crippen molar-refractivity contribution in [2.24, 2.45) is 5.73 Å². The number of hydrogen-bond acceptors (Lipinski definition) is 3. The molecule has 0 heterocycles. The lowest BCUT2D eigenvalue weighted by Crippen LogP contribution is -2.48. The van der Waals surface area contributed by atoms with Gasteiger partial charge in [-0.3, -0.25) is 9.59 Å². The van der Waals surface area contributed by atoms with Gasteiger partial charge in [-0.1, -0.05) is 24.4 Å². The summed E-state index contributed by atoms with van der Waals surface area (Å²) in [6.45, 7) is 1.42. The highest BCUT2D eigenvalue weighted by Gasteiger charge is 2.37. The van der Waals surface area contributed by atoms with Gasteiger partial charge < -0.3 is 16.4 Å². The zero-order chi connectivity index (χ0) is 14.8. The van der Waals surface area contributed by atoms with E-state index in [0.29, 0.717) is 29.2 Å². The molecule has 0 bridgehead atoms. The Bertz CT molecular complexity index is 539. The van der Waals surface area contributed by atoms with Gasteiger partial charge in [-0.25, -0.2) is 0 Å². The fourth-order valence-electron chi connectivity index (χ4n) is 2.38. The summed E-state index contributed by atoms with van der Waals surface area (Å²) in [4.78, 5) is 23.3. The second kappa shape index (κ2) is 5.81. The standard InChI is InChI=1S/C14H18ClN3O2/c1-9(19)17-10-4-5-11(15)12(8-10)18-13(20)14(16)6-2-3-7-14/h4-5,8H,2-3,6-7,16H2,1H3,(H,17,19)(H,18,20). The Balaban J connectivity index is 2.15. The summed E-state index contributed by atoms with van der Waals surface area (Å²) in [5.41, 5.74) is 6.32. The van der Waals surface area contributed by atoms with Gasteiger partial charge in [-0.2, -0.15) is 0 Å². The Kier molecular flexibility index (Phi) is 4.30. The molecule has 0 aliphatic heterocycles. The first kappa shape index (κ1) is 14.8. The largest absolute Gasteiger partial charge is 0.326 e. The van der Waals surface area contributed by atoms with Crippen LogP contribution in [0, 0.1) is 0 Å². The fraction of sp³-hybridized carbons (Fsp3) is 0.429. The van der Waals surface area contributed by atoms with E-state index in [-0.39, 0.29) is 11.8 Å². The van der Waals surface area contributed by atoms with Crippen molar-refractivity contribution in [2.45, 2.75) is 38.1 Å². The van der Waals surface area contributed by atoms with Crippen LogP contribution in [-0.2, 0) is 9.59 Å². The lowest BCUT2D eigenvalue weighted by Gasteiger charge is -2.22. The van der Waals surface area contributed by atoms with E-state index >= 15 is 0 Å². The molecule has 1 fully saturated rings. The third kappa shape index (κ3) is 3.29. The number of carbonyl (C=O) groups is 2. The van der Waals surface area contributed by atoms with Gasteiger partial charge >= 0.3 is 0 Å². The van der Waals surface area contributed by atoms with Crippen LogP contribution in [0.3, 0.4) is 0 Å². The van der Waals surface area contributed by atoms with Gasteiger partial charge in [0, 0.05) is 12.6 Å². The number of nitrogens with one attached hydrogen (secondary N) is 2. The molecule has 0 atom stereocenters. The Morgan fingerprint density at radius 2 is 1.90 bits per heavy atom. The number of amides is 2. The lowest BCUT2D eigenvalue weighted by molar-refractivity contribution is -0.121. The van der Waals surface area contributed by atoms with Crippen LogP contribution < -0.4 is 16.4 Å². The number of hydrogen-bond donors (Lipinski definition) is 3. The molecule has 0 radical (unpaired) electrons. The maximum Gasteiger partial charge on any atom is 0.244 e. The first-order valence-electron chi connectivity index (χ1n) is 6.58. The smallest absolute Gasteiger partial charge is 0.244 e. The van der Waals surface area contributed by atoms with E-state index in [1.54, 1.807) is 18.2 Å². The van der Waals surface area contributed by atoms with Crippen LogP contribution in [0.15, 0.2) is 18.2 Å². The molecular weight excluding hydrogens is 278 g/mol. The third-order valence-corrected chi connectivity index (χ3v) is 3.81. The molecule has 108 valence electrons. The number of anilines is 2. The molecule has 0 aromatic heterocycles. The molecule has 1 saturated carbocycles. The average molecular weight is 296 g/mol. The summed E-state index contributed by atoms with van der Waals surface area (Å²) >= 11 is 6.06. The summed E-state index contributed by atoms with van der Waals surface area (Å²) in [6.07, 6.45) is 3.29. The normalized spacial score (nSPS) is 16.8. The quantitative estimate of drug-likeness (QED) is 0.801. The van der Waals surface area contributed by atoms with Crippen molar-refractivity contribution < 1.29 is 9.59 Å². The van der Waals surface area contributed by atoms with Crippen LogP contribution in [0.4, 0.5) is 11.4 Å². The summed E-state index contributed by atoms with van der Waals surface area (Å²) in [5.74, 6) is -0.410. The molecule has 2 amide bonds. The zero-order valence-corrected chi connectivity index (χ0v) is 12.1. The van der Waals surface area contributed by atoms with Gasteiger partial charge in [-0.05, 0) is 31.0 Å². The SMILES string of the molecule is CC(=O)Nc1ccc(Cl)c(NC(=O)C2(N)CCCC2)c1. The second-order valence-electron chi connectivity index (χ2n) is 5.19. The third-order valence-electron chi connectivity index (χ3n) is 3.48. The molecule has 1 aliphatic carbocycles. The monoisotopic (exact) mass is 295 g/mol. The minimum absolute atomic E-state index is 0.185. The van der Waals surface area contributed by atoms with E-state index in [1.165, 1.54) is 6.92 Å². The van der Waals surface area contributed by atoms with Crippen molar-refractivity contribution in [1.29, 1.82) is 0 Å². The van der Waals surface area contributed by atoms with Crippen LogP contribution in [-0.4, -0.2) is 17.4 Å². The first-order chi connectivity index (χ1) is 9.40. The first-order valence-corrected chi connectivity index (χ1v) is 6.96. The van der Waals surface area contributed by atoms with Crippen LogP contribution in [0.1, 0.15) is 32.6 Å². The van der Waals surface area contributed by atoms with Crippen LogP contribution in [0.2, 0.25) is 5.02 Å². The lowest BCUT2D eigenvalue weighted by atomic mass is 9.98. The highest BCUT2D eigenvalue weighted by molar-refractivity contribution is 6.34. The van der Waals surface area contributed by atoms with Crippen LogP contribution in [0.5, 0.6) is 0 Å². The van der Waals surface area contributed by atoms with Gasteiger partial charge in [-0.15, -0.1) is 0 Å². The number of rotatable bonds is 3. The zero-order valence-electron chi connectivity index (χ0n) is 11.3. The van der Waals surface area contributed by atoms with E-state index in [0.717, 1.165) is 12.8 Å². The highest BCUT2D eigenvalue weighted by Crippen LogP contribution is 2.31. The van der Waals surface area contributed by atoms with Crippen LogP contribution >= 0.6 is 11.6 Å². The van der Waals surface area contributed by atoms with Gasteiger partial charge in [0.05, 0.1) is 16.2 Å². The Morgan fingerprint density at radius 3 is 2.50 bits per heavy atom. The molecule has 5 nitrogen and oxygen atoms in total. The Labute approximate surface area is 122 Å². The van der Waals surface area contributed by atoms with Crippen LogP contribution in [0.25, 0.3) is 0 Å². The summed E-state index contributed by atoms with van der Waals surface area (Å²) < 4.78 is 0. The molecule has 4 N–H and O–H groups in total.